The molecule has 0 atom stereocenters. The van der Waals surface area contributed by atoms with E-state index in [1.165, 1.54) is 0 Å². The molecule has 2 aliphatic heterocycles. The number of carbonyl (C=O) groups is 2. The fourth-order valence-corrected chi connectivity index (χ4v) is 3.93. The number of nitrogens with zero attached hydrogens (tertiary/aromatic N) is 2. The standard InChI is InChI=1S/C26H26N8O2/c35-25(31-19-6-1-4-17(14-19)23-27-10-11-28-23)33-21-8-3-9-22(16-21)34-26(36)32-20-7-2-5-18(15-20)24-29-12-13-30-24/h1-9,14-16H,10-13H2,(H,27,28)(H,29,30)(H2,31,33,35)(H2,32,34,36). The van der Waals surface area contributed by atoms with Crippen LogP contribution in [0, 0.1) is 0 Å². The lowest BCUT2D eigenvalue weighted by Gasteiger charge is -2.12. The molecule has 4 amide bonds. The van der Waals surface area contributed by atoms with Gasteiger partial charge in [-0.25, -0.2) is 9.59 Å². The second-order valence-corrected chi connectivity index (χ2v) is 8.21. The molecular formula is C26H26N8O2. The van der Waals surface area contributed by atoms with E-state index in [9.17, 15) is 9.59 Å². The first kappa shape index (κ1) is 22.9. The van der Waals surface area contributed by atoms with Crippen LogP contribution in [0.1, 0.15) is 11.1 Å². The number of aliphatic imine (C=N–C) groups is 2. The summed E-state index contributed by atoms with van der Waals surface area (Å²) >= 11 is 0. The first-order valence-corrected chi connectivity index (χ1v) is 11.7. The summed E-state index contributed by atoms with van der Waals surface area (Å²) in [7, 11) is 0. The molecule has 36 heavy (non-hydrogen) atoms. The van der Waals surface area contributed by atoms with Crippen molar-refractivity contribution in [3.05, 3.63) is 83.9 Å². The van der Waals surface area contributed by atoms with E-state index in [2.05, 4.69) is 41.9 Å². The summed E-state index contributed by atoms with van der Waals surface area (Å²) in [5, 5.41) is 17.7. The number of hydrogen-bond acceptors (Lipinski definition) is 6. The number of carbonyl (C=O) groups excluding carboxylic acids is 2. The summed E-state index contributed by atoms with van der Waals surface area (Å²) in [5.41, 5.74) is 4.21. The molecular weight excluding hydrogens is 456 g/mol. The molecule has 0 bridgehead atoms. The van der Waals surface area contributed by atoms with Gasteiger partial charge in [0.2, 0.25) is 0 Å². The Labute approximate surface area is 208 Å². The van der Waals surface area contributed by atoms with E-state index in [1.54, 1.807) is 24.3 Å². The first-order chi connectivity index (χ1) is 17.6. The first-order valence-electron chi connectivity index (χ1n) is 11.7. The van der Waals surface area contributed by atoms with E-state index >= 15 is 0 Å². The molecule has 2 heterocycles. The largest absolute Gasteiger partial charge is 0.368 e. The molecule has 3 aromatic rings. The van der Waals surface area contributed by atoms with E-state index in [-0.39, 0.29) is 0 Å². The van der Waals surface area contributed by atoms with Gasteiger partial charge in [-0.2, -0.15) is 0 Å². The summed E-state index contributed by atoms with van der Waals surface area (Å²) in [4.78, 5) is 33.9. The number of nitrogens with one attached hydrogen (secondary N) is 6. The second kappa shape index (κ2) is 10.6. The second-order valence-electron chi connectivity index (χ2n) is 8.21. The van der Waals surface area contributed by atoms with Crippen LogP contribution in [0.3, 0.4) is 0 Å². The highest BCUT2D eigenvalue weighted by molar-refractivity contribution is 6.05. The molecule has 10 nitrogen and oxygen atoms in total. The number of benzene rings is 3. The lowest BCUT2D eigenvalue weighted by Crippen LogP contribution is -2.22. The van der Waals surface area contributed by atoms with Crippen molar-refractivity contribution in [2.24, 2.45) is 9.98 Å². The van der Waals surface area contributed by atoms with Crippen molar-refractivity contribution >= 4 is 46.5 Å². The van der Waals surface area contributed by atoms with Gasteiger partial charge in [0.1, 0.15) is 11.7 Å². The predicted molar refractivity (Wildman–Crippen MR) is 143 cm³/mol. The van der Waals surface area contributed by atoms with Gasteiger partial charge in [-0.3, -0.25) is 9.98 Å². The number of anilines is 4. The highest BCUT2D eigenvalue weighted by Crippen LogP contribution is 2.18. The zero-order chi connectivity index (χ0) is 24.7. The molecule has 5 rings (SSSR count). The molecule has 182 valence electrons. The van der Waals surface area contributed by atoms with E-state index < -0.39 is 12.1 Å². The number of amidine groups is 2. The van der Waals surface area contributed by atoms with Crippen LogP contribution < -0.4 is 31.9 Å². The van der Waals surface area contributed by atoms with Gasteiger partial charge in [0, 0.05) is 47.0 Å². The van der Waals surface area contributed by atoms with Crippen LogP contribution in [0.15, 0.2) is 82.8 Å². The van der Waals surface area contributed by atoms with Crippen molar-refractivity contribution in [1.29, 1.82) is 0 Å². The van der Waals surface area contributed by atoms with E-state index in [1.807, 2.05) is 48.5 Å². The molecule has 0 spiro atoms. The van der Waals surface area contributed by atoms with Crippen molar-refractivity contribution in [2.45, 2.75) is 0 Å². The summed E-state index contributed by atoms with van der Waals surface area (Å²) in [6, 6.07) is 21.1. The van der Waals surface area contributed by atoms with Crippen molar-refractivity contribution in [3.63, 3.8) is 0 Å². The molecule has 6 N–H and O–H groups in total. The zero-order valence-electron chi connectivity index (χ0n) is 19.5. The number of rotatable bonds is 6. The van der Waals surface area contributed by atoms with E-state index in [0.29, 0.717) is 22.7 Å². The highest BCUT2D eigenvalue weighted by atomic mass is 16.2. The Morgan fingerprint density at radius 1 is 0.583 bits per heavy atom. The minimum atomic E-state index is -0.393. The van der Waals surface area contributed by atoms with Gasteiger partial charge < -0.3 is 31.9 Å². The molecule has 10 heteroatoms. The van der Waals surface area contributed by atoms with Crippen molar-refractivity contribution < 1.29 is 9.59 Å². The lowest BCUT2D eigenvalue weighted by molar-refractivity contribution is 0.261. The molecule has 0 fully saturated rings. The average Bonchev–Trinajstić information content (AvgIpc) is 3.59. The van der Waals surface area contributed by atoms with Crippen LogP contribution in [0.2, 0.25) is 0 Å². The Bertz CT molecular complexity index is 1250. The van der Waals surface area contributed by atoms with Gasteiger partial charge in [-0.1, -0.05) is 30.3 Å². The number of hydrogen-bond donors (Lipinski definition) is 6. The summed E-state index contributed by atoms with van der Waals surface area (Å²) in [6.07, 6.45) is 0. The normalized spacial score (nSPS) is 14.1. The summed E-state index contributed by atoms with van der Waals surface area (Å²) < 4.78 is 0. The fraction of sp³-hybridized carbons (Fsp3) is 0.154. The molecule has 0 radical (unpaired) electrons. The maximum atomic E-state index is 12.5. The van der Waals surface area contributed by atoms with Crippen LogP contribution in [0.25, 0.3) is 0 Å². The maximum Gasteiger partial charge on any atom is 0.323 e. The zero-order valence-corrected chi connectivity index (χ0v) is 19.5. The van der Waals surface area contributed by atoms with Crippen LogP contribution in [-0.4, -0.2) is 49.9 Å². The molecule has 0 aromatic heterocycles. The van der Waals surface area contributed by atoms with Crippen molar-refractivity contribution in [1.82, 2.24) is 10.6 Å². The third-order valence-electron chi connectivity index (χ3n) is 5.51. The minimum Gasteiger partial charge on any atom is -0.368 e. The molecule has 3 aromatic carbocycles. The molecule has 0 aliphatic carbocycles. The van der Waals surface area contributed by atoms with Gasteiger partial charge in [0.05, 0.1) is 13.1 Å². The van der Waals surface area contributed by atoms with Gasteiger partial charge >= 0.3 is 12.1 Å². The Morgan fingerprint density at radius 2 is 0.972 bits per heavy atom. The van der Waals surface area contributed by atoms with Crippen molar-refractivity contribution in [3.8, 4) is 0 Å². The Morgan fingerprint density at radius 3 is 1.36 bits per heavy atom. The Balaban J connectivity index is 1.17. The Hall–Kier alpha value is -4.86. The Kier molecular flexibility index (Phi) is 6.74. The molecule has 2 aliphatic rings. The number of urea groups is 2. The third kappa shape index (κ3) is 5.79. The predicted octanol–water partition coefficient (Wildman–Crippen LogP) is 3.67. The molecule has 0 unspecified atom stereocenters. The third-order valence-corrected chi connectivity index (χ3v) is 5.51. The van der Waals surface area contributed by atoms with Gasteiger partial charge in [0.15, 0.2) is 0 Å². The summed E-state index contributed by atoms with van der Waals surface area (Å²) in [6.45, 7) is 3.12. The van der Waals surface area contributed by atoms with Crippen LogP contribution in [0.5, 0.6) is 0 Å². The van der Waals surface area contributed by atoms with Gasteiger partial charge in [-0.05, 0) is 42.5 Å². The SMILES string of the molecule is O=C(Nc1cccc(NC(=O)Nc2cccc(C3=NCCN3)c2)c1)Nc1cccc(C2=NCCN2)c1. The van der Waals surface area contributed by atoms with Crippen LogP contribution >= 0.6 is 0 Å². The van der Waals surface area contributed by atoms with Gasteiger partial charge in [-0.15, -0.1) is 0 Å². The fourth-order valence-electron chi connectivity index (χ4n) is 3.93. The van der Waals surface area contributed by atoms with Crippen molar-refractivity contribution in [2.75, 3.05) is 47.4 Å². The van der Waals surface area contributed by atoms with E-state index in [0.717, 1.165) is 49.0 Å². The molecule has 0 saturated heterocycles. The minimum absolute atomic E-state index is 0.393. The monoisotopic (exact) mass is 482 g/mol. The molecule has 0 saturated carbocycles. The average molecular weight is 483 g/mol. The summed E-state index contributed by atoms with van der Waals surface area (Å²) in [5.74, 6) is 1.65. The van der Waals surface area contributed by atoms with E-state index in [4.69, 9.17) is 0 Å². The topological polar surface area (TPSA) is 131 Å². The smallest absolute Gasteiger partial charge is 0.323 e. The highest BCUT2D eigenvalue weighted by Gasteiger charge is 2.11. The quantitative estimate of drug-likeness (QED) is 0.320. The maximum absolute atomic E-state index is 12.5. The van der Waals surface area contributed by atoms with Crippen LogP contribution in [-0.2, 0) is 0 Å². The number of amides is 4. The lowest BCUT2D eigenvalue weighted by atomic mass is 10.2. The van der Waals surface area contributed by atoms with Gasteiger partial charge in [0.25, 0.3) is 0 Å². The van der Waals surface area contributed by atoms with Crippen LogP contribution in [0.4, 0.5) is 32.3 Å².